The Bertz CT molecular complexity index is 351. The van der Waals surface area contributed by atoms with Crippen LogP contribution in [0.3, 0.4) is 0 Å². The van der Waals surface area contributed by atoms with Crippen LogP contribution in [0.1, 0.15) is 13.3 Å². The Kier molecular flexibility index (Phi) is 0.763. The number of hydrogen-bond donors (Lipinski definition) is 0. The lowest BCUT2D eigenvalue weighted by molar-refractivity contribution is -0.455. The van der Waals surface area contributed by atoms with E-state index >= 15 is 0 Å². The van der Waals surface area contributed by atoms with Gasteiger partial charge in [0.05, 0.1) is 6.61 Å². The first kappa shape index (κ1) is 6.86. The molecule has 6 rings (SSSR count). The molecule has 6 aliphatic carbocycles. The third-order valence-electron chi connectivity index (χ3n) is 6.50. The Morgan fingerprint density at radius 1 is 1.29 bits per heavy atom. The van der Waals surface area contributed by atoms with Crippen LogP contribution in [-0.2, 0) is 9.53 Å². The maximum atomic E-state index is 10.8. The number of carbonyl (C=O) groups excluding carboxylic acids is 1. The van der Waals surface area contributed by atoms with Gasteiger partial charge in [-0.1, -0.05) is 0 Å². The monoisotopic (exact) mass is 190 g/mol. The molecular formula is C12H14O2. The van der Waals surface area contributed by atoms with Crippen molar-refractivity contribution in [3.05, 3.63) is 0 Å². The van der Waals surface area contributed by atoms with Crippen molar-refractivity contribution in [1.82, 2.24) is 0 Å². The maximum absolute atomic E-state index is 10.8. The smallest absolute Gasteiger partial charge is 0.302 e. The van der Waals surface area contributed by atoms with Crippen molar-refractivity contribution in [3.63, 3.8) is 0 Å². The number of hydrogen-bond acceptors (Lipinski definition) is 2. The van der Waals surface area contributed by atoms with Gasteiger partial charge < -0.3 is 4.74 Å². The zero-order valence-electron chi connectivity index (χ0n) is 8.27. The van der Waals surface area contributed by atoms with Crippen molar-refractivity contribution in [2.24, 2.45) is 46.8 Å². The van der Waals surface area contributed by atoms with Crippen LogP contribution in [0.2, 0.25) is 0 Å². The molecule has 2 heteroatoms. The molecule has 6 aliphatic rings. The molecule has 2 nitrogen and oxygen atoms in total. The highest BCUT2D eigenvalue weighted by Crippen LogP contribution is 2.99. The van der Waals surface area contributed by atoms with Gasteiger partial charge in [-0.2, -0.15) is 0 Å². The predicted molar refractivity (Wildman–Crippen MR) is 48.1 cm³/mol. The molecule has 8 atom stereocenters. The first-order valence-corrected chi connectivity index (χ1v) is 5.90. The van der Waals surface area contributed by atoms with Crippen molar-refractivity contribution < 1.29 is 9.53 Å². The summed E-state index contributed by atoms with van der Waals surface area (Å²) in [5.74, 6) is 7.27. The maximum Gasteiger partial charge on any atom is 0.302 e. The largest absolute Gasteiger partial charge is 0.465 e. The quantitative estimate of drug-likeness (QED) is 0.614. The summed E-state index contributed by atoms with van der Waals surface area (Å²) in [5, 5.41) is 0. The zero-order valence-corrected chi connectivity index (χ0v) is 8.27. The molecule has 0 aromatic heterocycles. The minimum atomic E-state index is -0.0858. The average Bonchev–Trinajstić information content (AvgIpc) is 2.40. The van der Waals surface area contributed by atoms with E-state index in [-0.39, 0.29) is 5.97 Å². The van der Waals surface area contributed by atoms with Gasteiger partial charge in [-0.05, 0) is 47.8 Å². The summed E-state index contributed by atoms with van der Waals surface area (Å²) in [5.41, 5.74) is 0.540. The fourth-order valence-corrected chi connectivity index (χ4v) is 6.65. The van der Waals surface area contributed by atoms with Crippen LogP contribution < -0.4 is 0 Å². The molecule has 6 fully saturated rings. The minimum Gasteiger partial charge on any atom is -0.465 e. The van der Waals surface area contributed by atoms with E-state index in [1.807, 2.05) is 0 Å². The van der Waals surface area contributed by atoms with Gasteiger partial charge in [0.2, 0.25) is 0 Å². The lowest BCUT2D eigenvalue weighted by Gasteiger charge is -2.90. The first-order valence-electron chi connectivity index (χ1n) is 5.90. The van der Waals surface area contributed by atoms with Crippen molar-refractivity contribution in [2.45, 2.75) is 13.3 Å². The fourth-order valence-electron chi connectivity index (χ4n) is 6.65. The molecule has 0 N–H and O–H groups in total. The molecule has 0 spiro atoms. The summed E-state index contributed by atoms with van der Waals surface area (Å²) in [7, 11) is 0. The average molecular weight is 190 g/mol. The Hall–Kier alpha value is -0.530. The van der Waals surface area contributed by atoms with Gasteiger partial charge in [0, 0.05) is 12.3 Å². The van der Waals surface area contributed by atoms with Gasteiger partial charge in [-0.15, -0.1) is 0 Å². The van der Waals surface area contributed by atoms with Crippen LogP contribution in [0.25, 0.3) is 0 Å². The highest BCUT2D eigenvalue weighted by Gasteiger charge is 2.97. The molecule has 0 radical (unpaired) electrons. The summed E-state index contributed by atoms with van der Waals surface area (Å²) in [4.78, 5) is 10.8. The van der Waals surface area contributed by atoms with Crippen LogP contribution in [0.5, 0.6) is 0 Å². The van der Waals surface area contributed by atoms with Crippen molar-refractivity contribution in [2.75, 3.05) is 6.61 Å². The molecule has 0 aromatic rings. The standard InChI is InChI=1S/C12H14O2/c1-4(13)14-3-12-9-6-2-5-7(9)11(12)8(5)10(6)12/h5-11H,2-3H2,1H3/t5?,6?,7-,8-,9-,10+,11?,12?/m0/s1. The number of rotatable bonds is 2. The van der Waals surface area contributed by atoms with Crippen molar-refractivity contribution in [3.8, 4) is 0 Å². The van der Waals surface area contributed by atoms with E-state index in [2.05, 4.69) is 0 Å². The van der Waals surface area contributed by atoms with Crippen LogP contribution in [-0.4, -0.2) is 12.6 Å². The second-order valence-corrected chi connectivity index (χ2v) is 6.19. The summed E-state index contributed by atoms with van der Waals surface area (Å²) in [6, 6.07) is 0. The number of carbonyl (C=O) groups is 1. The number of esters is 1. The molecule has 74 valence electrons. The molecule has 0 aliphatic heterocycles. The fraction of sp³-hybridized carbons (Fsp3) is 0.917. The van der Waals surface area contributed by atoms with Gasteiger partial charge >= 0.3 is 5.97 Å². The van der Waals surface area contributed by atoms with E-state index in [0.717, 1.165) is 48.0 Å². The van der Waals surface area contributed by atoms with E-state index in [1.165, 1.54) is 13.3 Å². The molecule has 4 unspecified atom stereocenters. The van der Waals surface area contributed by atoms with Gasteiger partial charge in [0.15, 0.2) is 0 Å². The van der Waals surface area contributed by atoms with Gasteiger partial charge in [0.25, 0.3) is 0 Å². The van der Waals surface area contributed by atoms with E-state index in [1.54, 1.807) is 0 Å². The van der Waals surface area contributed by atoms with E-state index < -0.39 is 0 Å². The lowest BCUT2D eigenvalue weighted by atomic mass is 9.13. The second-order valence-electron chi connectivity index (χ2n) is 6.19. The molecule has 6 saturated carbocycles. The van der Waals surface area contributed by atoms with E-state index in [0.29, 0.717) is 5.41 Å². The Morgan fingerprint density at radius 3 is 2.57 bits per heavy atom. The van der Waals surface area contributed by atoms with Crippen molar-refractivity contribution >= 4 is 5.97 Å². The highest BCUT2D eigenvalue weighted by molar-refractivity contribution is 5.66. The summed E-state index contributed by atoms with van der Waals surface area (Å²) < 4.78 is 5.27. The summed E-state index contributed by atoms with van der Waals surface area (Å²) >= 11 is 0. The molecule has 2 bridgehead atoms. The van der Waals surface area contributed by atoms with Crippen molar-refractivity contribution in [1.29, 1.82) is 0 Å². The second kappa shape index (κ2) is 1.56. The lowest BCUT2D eigenvalue weighted by Crippen LogP contribution is -2.89. The third-order valence-corrected chi connectivity index (χ3v) is 6.50. The van der Waals surface area contributed by atoms with E-state index in [9.17, 15) is 4.79 Å². The SMILES string of the molecule is CC(=O)OCC12C3[C@H]4C5CC([C@H]41)[C@H]2[C@H]53. The van der Waals surface area contributed by atoms with E-state index in [4.69, 9.17) is 4.74 Å². The van der Waals surface area contributed by atoms with Gasteiger partial charge in [-0.25, -0.2) is 0 Å². The molecule has 0 saturated heterocycles. The summed E-state index contributed by atoms with van der Waals surface area (Å²) in [6.07, 6.45) is 1.53. The molecule has 14 heavy (non-hydrogen) atoms. The Morgan fingerprint density at radius 2 is 2.00 bits per heavy atom. The third kappa shape index (κ3) is 0.356. The molecule has 0 aromatic carbocycles. The van der Waals surface area contributed by atoms with Crippen LogP contribution in [0.15, 0.2) is 0 Å². The Labute approximate surface area is 83.0 Å². The first-order chi connectivity index (χ1) is 6.77. The molecule has 0 amide bonds. The normalized spacial score (nSPS) is 72.5. The molecular weight excluding hydrogens is 176 g/mol. The number of ether oxygens (including phenoxy) is 1. The van der Waals surface area contributed by atoms with Gasteiger partial charge in [-0.3, -0.25) is 4.79 Å². The van der Waals surface area contributed by atoms with Crippen LogP contribution in [0.4, 0.5) is 0 Å². The topological polar surface area (TPSA) is 26.3 Å². The highest BCUT2D eigenvalue weighted by atomic mass is 16.5. The van der Waals surface area contributed by atoms with Gasteiger partial charge in [0.1, 0.15) is 0 Å². The predicted octanol–water partition coefficient (Wildman–Crippen LogP) is 1.31. The summed E-state index contributed by atoms with van der Waals surface area (Å²) in [6.45, 7) is 2.30. The molecule has 0 heterocycles. The Balaban J connectivity index is 1.47. The van der Waals surface area contributed by atoms with Crippen LogP contribution in [0, 0.1) is 46.8 Å². The minimum absolute atomic E-state index is 0.0858. The van der Waals surface area contributed by atoms with Crippen LogP contribution >= 0.6 is 0 Å². The zero-order chi connectivity index (χ0) is 9.24.